The van der Waals surface area contributed by atoms with Crippen molar-refractivity contribution < 1.29 is 19.1 Å². The van der Waals surface area contributed by atoms with Gasteiger partial charge in [-0.1, -0.05) is 30.3 Å². The number of carboxylic acids is 1. The number of fused-ring (bicyclic) bond motifs is 1. The average molecular weight is 418 g/mol. The number of halogens is 1. The molecule has 6 heteroatoms. The summed E-state index contributed by atoms with van der Waals surface area (Å²) in [5, 5.41) is 13.2. The van der Waals surface area contributed by atoms with Crippen LogP contribution in [0.2, 0.25) is 0 Å². The molecule has 0 aromatic heterocycles. The van der Waals surface area contributed by atoms with E-state index < -0.39 is 17.7 Å². The number of carbonyl (C=O) groups is 2. The second kappa shape index (κ2) is 9.00. The number of nitrogens with zero attached hydrogens (tertiary/aromatic N) is 1. The zero-order valence-corrected chi connectivity index (χ0v) is 17.0. The van der Waals surface area contributed by atoms with Crippen LogP contribution in [0.4, 0.5) is 15.8 Å². The Labute approximate surface area is 179 Å². The summed E-state index contributed by atoms with van der Waals surface area (Å²) in [4.78, 5) is 26.2. The number of piperidine rings is 1. The number of benzene rings is 3. The van der Waals surface area contributed by atoms with Gasteiger partial charge in [-0.25, -0.2) is 9.18 Å². The number of anilines is 2. The monoisotopic (exact) mass is 418 g/mol. The summed E-state index contributed by atoms with van der Waals surface area (Å²) in [6, 6.07) is 15.7. The van der Waals surface area contributed by atoms with Crippen molar-refractivity contribution in [2.45, 2.75) is 19.3 Å². The van der Waals surface area contributed by atoms with Crippen LogP contribution >= 0.6 is 0 Å². The van der Waals surface area contributed by atoms with Crippen molar-refractivity contribution in [3.8, 4) is 0 Å². The minimum atomic E-state index is -1.10. The van der Waals surface area contributed by atoms with Crippen molar-refractivity contribution in [3.05, 3.63) is 77.6 Å². The lowest BCUT2D eigenvalue weighted by Gasteiger charge is -2.29. The molecule has 3 aromatic carbocycles. The Bertz CT molecular complexity index is 1170. The first-order valence-electron chi connectivity index (χ1n) is 10.3. The van der Waals surface area contributed by atoms with Crippen LogP contribution in [0.15, 0.2) is 60.7 Å². The molecule has 0 radical (unpaired) electrons. The van der Waals surface area contributed by atoms with Gasteiger partial charge in [-0.05, 0) is 65.9 Å². The lowest BCUT2D eigenvalue weighted by molar-refractivity contribution is -0.131. The number of carbonyl (C=O) groups excluding carboxylic acids is 1. The van der Waals surface area contributed by atoms with Crippen molar-refractivity contribution in [1.29, 1.82) is 0 Å². The van der Waals surface area contributed by atoms with Crippen molar-refractivity contribution in [1.82, 2.24) is 0 Å². The van der Waals surface area contributed by atoms with E-state index in [1.54, 1.807) is 0 Å². The first-order chi connectivity index (χ1) is 15.0. The fourth-order valence-corrected chi connectivity index (χ4v) is 3.92. The molecule has 2 N–H and O–H groups in total. The molecule has 1 amide bonds. The van der Waals surface area contributed by atoms with Gasteiger partial charge in [-0.15, -0.1) is 0 Å². The maximum atomic E-state index is 14.4. The smallest absolute Gasteiger partial charge is 0.328 e. The van der Waals surface area contributed by atoms with E-state index in [9.17, 15) is 14.0 Å². The number of nitrogens with one attached hydrogen (secondary N) is 1. The number of hydrogen-bond acceptors (Lipinski definition) is 3. The van der Waals surface area contributed by atoms with Crippen LogP contribution < -0.4 is 10.2 Å². The fraction of sp³-hybridized carbons (Fsp3) is 0.200. The van der Waals surface area contributed by atoms with E-state index in [0.29, 0.717) is 11.1 Å². The highest BCUT2D eigenvalue weighted by Crippen LogP contribution is 2.29. The molecule has 0 atom stereocenters. The molecule has 0 saturated carbocycles. The highest BCUT2D eigenvalue weighted by molar-refractivity contribution is 6.14. The van der Waals surface area contributed by atoms with E-state index in [0.717, 1.165) is 48.5 Å². The minimum absolute atomic E-state index is 0.00463. The van der Waals surface area contributed by atoms with Crippen LogP contribution in [0.3, 0.4) is 0 Å². The summed E-state index contributed by atoms with van der Waals surface area (Å²) in [6.45, 7) is 1.90. The molecule has 1 heterocycles. The molecule has 0 spiro atoms. The molecular formula is C25H23FN2O3. The lowest BCUT2D eigenvalue weighted by Crippen LogP contribution is -2.29. The van der Waals surface area contributed by atoms with Gasteiger partial charge in [0.15, 0.2) is 0 Å². The molecule has 1 fully saturated rings. The van der Waals surface area contributed by atoms with Crippen molar-refractivity contribution in [3.63, 3.8) is 0 Å². The molecule has 5 nitrogen and oxygen atoms in total. The van der Waals surface area contributed by atoms with E-state index in [4.69, 9.17) is 5.11 Å². The molecule has 1 aliphatic rings. The predicted molar refractivity (Wildman–Crippen MR) is 121 cm³/mol. The van der Waals surface area contributed by atoms with Crippen LogP contribution in [0.5, 0.6) is 0 Å². The third-order valence-electron chi connectivity index (χ3n) is 5.47. The summed E-state index contributed by atoms with van der Waals surface area (Å²) in [6.07, 6.45) is 5.77. The summed E-state index contributed by atoms with van der Waals surface area (Å²) < 4.78 is 14.4. The lowest BCUT2D eigenvalue weighted by atomic mass is 10.0. The molecule has 4 rings (SSSR count). The maximum Gasteiger partial charge on any atom is 0.328 e. The SMILES string of the molecule is O=C(O)C=Cc1ccc(F)c(NC(=O)c2cc(N3CCCCC3)cc3ccccc23)c1. The van der Waals surface area contributed by atoms with E-state index in [2.05, 4.69) is 16.3 Å². The summed E-state index contributed by atoms with van der Waals surface area (Å²) in [7, 11) is 0. The second-order valence-electron chi connectivity index (χ2n) is 7.63. The number of rotatable bonds is 5. The summed E-state index contributed by atoms with van der Waals surface area (Å²) in [5.74, 6) is -2.10. The van der Waals surface area contributed by atoms with Gasteiger partial charge in [-0.3, -0.25) is 4.79 Å². The first-order valence-corrected chi connectivity index (χ1v) is 10.3. The molecule has 158 valence electrons. The summed E-state index contributed by atoms with van der Waals surface area (Å²) >= 11 is 0. The molecule has 3 aromatic rings. The van der Waals surface area contributed by atoms with Gasteiger partial charge in [0.25, 0.3) is 5.91 Å². The van der Waals surface area contributed by atoms with E-state index in [-0.39, 0.29) is 5.69 Å². The molecule has 1 aliphatic heterocycles. The van der Waals surface area contributed by atoms with Gasteiger partial charge in [0.1, 0.15) is 5.82 Å². The largest absolute Gasteiger partial charge is 0.478 e. The van der Waals surface area contributed by atoms with Gasteiger partial charge in [0.05, 0.1) is 5.69 Å². The number of amides is 1. The quantitative estimate of drug-likeness (QED) is 0.550. The third kappa shape index (κ3) is 4.74. The third-order valence-corrected chi connectivity index (χ3v) is 5.47. The van der Waals surface area contributed by atoms with Gasteiger partial charge in [0, 0.05) is 30.4 Å². The van der Waals surface area contributed by atoms with E-state index in [1.807, 2.05) is 30.3 Å². The average Bonchev–Trinajstić information content (AvgIpc) is 2.79. The van der Waals surface area contributed by atoms with Gasteiger partial charge in [0.2, 0.25) is 0 Å². The topological polar surface area (TPSA) is 69.6 Å². The van der Waals surface area contributed by atoms with Gasteiger partial charge in [-0.2, -0.15) is 0 Å². The molecule has 0 aliphatic carbocycles. The molecule has 0 unspecified atom stereocenters. The van der Waals surface area contributed by atoms with Crippen molar-refractivity contribution in [2.75, 3.05) is 23.3 Å². The van der Waals surface area contributed by atoms with E-state index in [1.165, 1.54) is 30.7 Å². The minimum Gasteiger partial charge on any atom is -0.478 e. The zero-order chi connectivity index (χ0) is 21.8. The number of hydrogen-bond donors (Lipinski definition) is 2. The van der Waals surface area contributed by atoms with Crippen LogP contribution in [0.1, 0.15) is 35.2 Å². The van der Waals surface area contributed by atoms with Crippen molar-refractivity contribution >= 4 is 40.1 Å². The Morgan fingerprint density at radius 2 is 1.77 bits per heavy atom. The molecule has 1 saturated heterocycles. The normalized spacial score (nSPS) is 14.2. The Balaban J connectivity index is 1.69. The first kappa shape index (κ1) is 20.6. The van der Waals surface area contributed by atoms with Crippen LogP contribution in [-0.4, -0.2) is 30.1 Å². The molecular weight excluding hydrogens is 395 g/mol. The maximum absolute atomic E-state index is 14.4. The highest BCUT2D eigenvalue weighted by Gasteiger charge is 2.18. The number of carboxylic acid groups (broad SMARTS) is 1. The van der Waals surface area contributed by atoms with Crippen molar-refractivity contribution in [2.24, 2.45) is 0 Å². The fourth-order valence-electron chi connectivity index (χ4n) is 3.92. The summed E-state index contributed by atoms with van der Waals surface area (Å²) in [5.41, 5.74) is 1.95. The van der Waals surface area contributed by atoms with Crippen LogP contribution in [0.25, 0.3) is 16.8 Å². The van der Waals surface area contributed by atoms with E-state index >= 15 is 0 Å². The second-order valence-corrected chi connectivity index (χ2v) is 7.63. The van der Waals surface area contributed by atoms with Crippen LogP contribution in [0, 0.1) is 5.82 Å². The number of aliphatic carboxylic acids is 1. The Kier molecular flexibility index (Phi) is 5.98. The Hall–Kier alpha value is -3.67. The highest BCUT2D eigenvalue weighted by atomic mass is 19.1. The Morgan fingerprint density at radius 3 is 2.55 bits per heavy atom. The standard InChI is InChI=1S/C25H23FN2O3/c26-22-10-8-17(9-11-24(29)30)14-23(22)27-25(31)21-16-19(28-12-4-1-5-13-28)15-18-6-2-3-7-20(18)21/h2-3,6-11,14-16H,1,4-5,12-13H2,(H,27,31)(H,29,30). The molecule has 31 heavy (non-hydrogen) atoms. The predicted octanol–water partition coefficient (Wildman–Crippen LogP) is 5.32. The van der Waals surface area contributed by atoms with Gasteiger partial charge < -0.3 is 15.3 Å². The zero-order valence-electron chi connectivity index (χ0n) is 17.0. The van der Waals surface area contributed by atoms with Gasteiger partial charge >= 0.3 is 5.97 Å². The molecule has 0 bridgehead atoms. The Morgan fingerprint density at radius 1 is 1.00 bits per heavy atom. The van der Waals surface area contributed by atoms with Crippen LogP contribution in [-0.2, 0) is 4.79 Å².